The summed E-state index contributed by atoms with van der Waals surface area (Å²) in [5.74, 6) is 1.25. The molecule has 0 aromatic heterocycles. The van der Waals surface area contributed by atoms with Crippen molar-refractivity contribution in [1.82, 2.24) is 0 Å². The second-order valence-electron chi connectivity index (χ2n) is 5.66. The molecule has 0 aliphatic heterocycles. The van der Waals surface area contributed by atoms with Crippen LogP contribution in [-0.2, 0) is 6.42 Å². The first-order valence-corrected chi connectivity index (χ1v) is 6.33. The smallest absolute Gasteiger partial charge is 0.00604 e. The molecule has 0 N–H and O–H groups in total. The van der Waals surface area contributed by atoms with Gasteiger partial charge in [-0.15, -0.1) is 0 Å². The highest BCUT2D eigenvalue weighted by Gasteiger charge is 2.17. The summed E-state index contributed by atoms with van der Waals surface area (Å²) in [6.45, 7) is 11.4. The molecule has 1 aromatic rings. The van der Waals surface area contributed by atoms with Gasteiger partial charge in [0, 0.05) is 0 Å². The maximum Gasteiger partial charge on any atom is -0.00604 e. The van der Waals surface area contributed by atoms with E-state index in [4.69, 9.17) is 0 Å². The average molecular weight is 214 g/mol. The topological polar surface area (TPSA) is 0 Å². The maximum atomic E-state index is 2.41. The molecule has 16 heavy (non-hydrogen) atoms. The number of allylic oxidation sites excluding steroid dienone is 1. The van der Waals surface area contributed by atoms with E-state index in [2.05, 4.69) is 52.8 Å². The zero-order chi connectivity index (χ0) is 11.9. The standard InChI is InChI=1S/C16H22/c1-10(2)13-8-14-6-12(5)7-16(14)15(9-13)11(3)4/h7-11H,6H2,1-5H3. The van der Waals surface area contributed by atoms with Crippen LogP contribution in [0, 0.1) is 0 Å². The largest absolute Gasteiger partial charge is 0.0683 e. The van der Waals surface area contributed by atoms with Crippen LogP contribution in [0.25, 0.3) is 6.08 Å². The zero-order valence-corrected chi connectivity index (χ0v) is 11.1. The molecule has 2 rings (SSSR count). The Morgan fingerprint density at radius 2 is 1.69 bits per heavy atom. The zero-order valence-electron chi connectivity index (χ0n) is 11.1. The molecule has 0 amide bonds. The fraction of sp³-hybridized carbons (Fsp3) is 0.500. The lowest BCUT2D eigenvalue weighted by molar-refractivity contribution is 0.828. The molecule has 0 heterocycles. The van der Waals surface area contributed by atoms with Crippen molar-refractivity contribution in [1.29, 1.82) is 0 Å². The Bertz CT molecular complexity index is 434. The first-order valence-electron chi connectivity index (χ1n) is 6.33. The van der Waals surface area contributed by atoms with Gasteiger partial charge in [0.1, 0.15) is 0 Å². The maximum absolute atomic E-state index is 2.41. The van der Waals surface area contributed by atoms with Crippen LogP contribution in [0.1, 0.15) is 68.7 Å². The highest BCUT2D eigenvalue weighted by molar-refractivity contribution is 5.67. The Labute approximate surface area is 99.4 Å². The number of benzene rings is 1. The average Bonchev–Trinajstić information content (AvgIpc) is 2.55. The van der Waals surface area contributed by atoms with Crippen LogP contribution in [0.4, 0.5) is 0 Å². The Kier molecular flexibility index (Phi) is 2.92. The van der Waals surface area contributed by atoms with Gasteiger partial charge >= 0.3 is 0 Å². The first-order chi connectivity index (χ1) is 7.49. The van der Waals surface area contributed by atoms with Gasteiger partial charge < -0.3 is 0 Å². The molecule has 0 nitrogen and oxygen atoms in total. The molecular weight excluding hydrogens is 192 g/mol. The van der Waals surface area contributed by atoms with E-state index in [0.717, 1.165) is 6.42 Å². The normalized spacial score (nSPS) is 14.6. The van der Waals surface area contributed by atoms with Gasteiger partial charge in [0.15, 0.2) is 0 Å². The van der Waals surface area contributed by atoms with Crippen LogP contribution in [-0.4, -0.2) is 0 Å². The molecule has 1 aliphatic rings. The van der Waals surface area contributed by atoms with E-state index in [9.17, 15) is 0 Å². The summed E-state index contributed by atoms with van der Waals surface area (Å²) in [5, 5.41) is 0. The van der Waals surface area contributed by atoms with E-state index in [1.807, 2.05) is 0 Å². The Balaban J connectivity index is 2.57. The third-order valence-corrected chi connectivity index (χ3v) is 3.47. The summed E-state index contributed by atoms with van der Waals surface area (Å²) in [4.78, 5) is 0. The second kappa shape index (κ2) is 4.08. The highest BCUT2D eigenvalue weighted by Crippen LogP contribution is 2.34. The summed E-state index contributed by atoms with van der Waals surface area (Å²) in [6.07, 6.45) is 3.52. The van der Waals surface area contributed by atoms with Crippen LogP contribution in [0.5, 0.6) is 0 Å². The third-order valence-electron chi connectivity index (χ3n) is 3.47. The predicted octanol–water partition coefficient (Wildman–Crippen LogP) is 4.89. The molecule has 0 radical (unpaired) electrons. The van der Waals surface area contributed by atoms with E-state index >= 15 is 0 Å². The van der Waals surface area contributed by atoms with Gasteiger partial charge in [0.05, 0.1) is 0 Å². The Hall–Kier alpha value is -1.04. The summed E-state index contributed by atoms with van der Waals surface area (Å²) < 4.78 is 0. The van der Waals surface area contributed by atoms with Crippen molar-refractivity contribution >= 4 is 6.08 Å². The fourth-order valence-corrected chi connectivity index (χ4v) is 2.49. The molecule has 0 unspecified atom stereocenters. The molecule has 0 heteroatoms. The quantitative estimate of drug-likeness (QED) is 0.657. The number of hydrogen-bond donors (Lipinski definition) is 0. The van der Waals surface area contributed by atoms with Gasteiger partial charge in [-0.3, -0.25) is 0 Å². The van der Waals surface area contributed by atoms with Crippen LogP contribution in [0.15, 0.2) is 17.7 Å². The molecule has 0 atom stereocenters. The molecule has 0 saturated carbocycles. The minimum atomic E-state index is 0.620. The van der Waals surface area contributed by atoms with Crippen LogP contribution >= 0.6 is 0 Å². The van der Waals surface area contributed by atoms with Crippen molar-refractivity contribution in [3.8, 4) is 0 Å². The van der Waals surface area contributed by atoms with Crippen molar-refractivity contribution < 1.29 is 0 Å². The first kappa shape index (κ1) is 11.4. The van der Waals surface area contributed by atoms with Crippen LogP contribution in [0.3, 0.4) is 0 Å². The number of rotatable bonds is 2. The Morgan fingerprint density at radius 3 is 2.25 bits per heavy atom. The van der Waals surface area contributed by atoms with Crippen molar-refractivity contribution in [2.75, 3.05) is 0 Å². The van der Waals surface area contributed by atoms with Gasteiger partial charge in [0.2, 0.25) is 0 Å². The fourth-order valence-electron chi connectivity index (χ4n) is 2.49. The van der Waals surface area contributed by atoms with Crippen LogP contribution in [0.2, 0.25) is 0 Å². The molecule has 86 valence electrons. The summed E-state index contributed by atoms with van der Waals surface area (Å²) in [6, 6.07) is 4.81. The van der Waals surface area contributed by atoms with Gasteiger partial charge in [-0.2, -0.15) is 0 Å². The monoisotopic (exact) mass is 214 g/mol. The van der Waals surface area contributed by atoms with Crippen molar-refractivity contribution in [2.45, 2.75) is 52.9 Å². The highest BCUT2D eigenvalue weighted by atomic mass is 14.2. The predicted molar refractivity (Wildman–Crippen MR) is 72.0 cm³/mol. The second-order valence-corrected chi connectivity index (χ2v) is 5.66. The molecular formula is C16H22. The van der Waals surface area contributed by atoms with Crippen LogP contribution < -0.4 is 0 Å². The molecule has 1 aliphatic carbocycles. The van der Waals surface area contributed by atoms with E-state index < -0.39 is 0 Å². The minimum absolute atomic E-state index is 0.620. The van der Waals surface area contributed by atoms with Crippen molar-refractivity contribution in [3.05, 3.63) is 40.0 Å². The number of fused-ring (bicyclic) bond motifs is 1. The van der Waals surface area contributed by atoms with Gasteiger partial charge in [-0.1, -0.05) is 51.5 Å². The summed E-state index contributed by atoms with van der Waals surface area (Å²) in [7, 11) is 0. The summed E-state index contributed by atoms with van der Waals surface area (Å²) >= 11 is 0. The molecule has 0 spiro atoms. The van der Waals surface area contributed by atoms with Crippen molar-refractivity contribution in [2.24, 2.45) is 0 Å². The van der Waals surface area contributed by atoms with Gasteiger partial charge in [-0.25, -0.2) is 0 Å². The SMILES string of the molecule is CC1=Cc2c(cc(C(C)C)cc2C(C)C)C1. The lowest BCUT2D eigenvalue weighted by Gasteiger charge is -2.16. The molecule has 0 fully saturated rings. The van der Waals surface area contributed by atoms with Gasteiger partial charge in [0.25, 0.3) is 0 Å². The van der Waals surface area contributed by atoms with Crippen molar-refractivity contribution in [3.63, 3.8) is 0 Å². The van der Waals surface area contributed by atoms with Gasteiger partial charge in [-0.05, 0) is 47.4 Å². The summed E-state index contributed by atoms with van der Waals surface area (Å²) in [5.41, 5.74) is 7.55. The van der Waals surface area contributed by atoms with E-state index in [1.165, 1.54) is 27.8 Å². The third kappa shape index (κ3) is 1.93. The van der Waals surface area contributed by atoms with E-state index in [-0.39, 0.29) is 0 Å². The lowest BCUT2D eigenvalue weighted by Crippen LogP contribution is -1.99. The molecule has 1 aromatic carbocycles. The van der Waals surface area contributed by atoms with E-state index in [0.29, 0.717) is 11.8 Å². The minimum Gasteiger partial charge on any atom is -0.0683 e. The molecule has 0 bridgehead atoms. The number of hydrogen-bond acceptors (Lipinski definition) is 0. The lowest BCUT2D eigenvalue weighted by atomic mass is 9.89. The van der Waals surface area contributed by atoms with E-state index in [1.54, 1.807) is 0 Å². The molecule has 0 saturated heterocycles. The Morgan fingerprint density at radius 1 is 1.00 bits per heavy atom.